The fourth-order valence-electron chi connectivity index (χ4n) is 4.68. The summed E-state index contributed by atoms with van der Waals surface area (Å²) in [6.45, 7) is 0.572. The third kappa shape index (κ3) is 3.55. The summed E-state index contributed by atoms with van der Waals surface area (Å²) in [5.41, 5.74) is 3.81. The molecule has 0 bridgehead atoms. The van der Waals surface area contributed by atoms with Gasteiger partial charge in [0.05, 0.1) is 6.20 Å². The molecule has 2 aliphatic carbocycles. The van der Waals surface area contributed by atoms with Crippen LogP contribution in [0.2, 0.25) is 0 Å². The van der Waals surface area contributed by atoms with E-state index in [0.29, 0.717) is 29.5 Å². The van der Waals surface area contributed by atoms with Crippen molar-refractivity contribution < 1.29 is 9.59 Å². The topological polar surface area (TPSA) is 117 Å². The van der Waals surface area contributed by atoms with E-state index in [1.165, 1.54) is 0 Å². The third-order valence-corrected chi connectivity index (χ3v) is 6.20. The summed E-state index contributed by atoms with van der Waals surface area (Å²) in [6.07, 6.45) is 10.0. The van der Waals surface area contributed by atoms with Crippen molar-refractivity contribution in [3.63, 3.8) is 0 Å². The molecule has 2 aliphatic rings. The number of aromatic nitrogens is 5. The molecule has 0 spiro atoms. The maximum Gasteiger partial charge on any atom is 0.272 e. The van der Waals surface area contributed by atoms with Gasteiger partial charge in [0.25, 0.3) is 11.8 Å². The van der Waals surface area contributed by atoms with Gasteiger partial charge in [0.15, 0.2) is 11.3 Å². The van der Waals surface area contributed by atoms with Crippen LogP contribution in [0.4, 0.5) is 0 Å². The molecule has 0 aromatic carbocycles. The molecule has 3 heterocycles. The second-order valence-electron chi connectivity index (χ2n) is 8.23. The Hall–Kier alpha value is -3.23. The van der Waals surface area contributed by atoms with Gasteiger partial charge in [-0.1, -0.05) is 6.42 Å². The molecule has 3 N–H and O–H groups in total. The van der Waals surface area contributed by atoms with E-state index in [2.05, 4.69) is 30.9 Å². The van der Waals surface area contributed by atoms with Crippen molar-refractivity contribution in [2.75, 3.05) is 6.54 Å². The van der Waals surface area contributed by atoms with Crippen molar-refractivity contribution in [2.24, 2.45) is 5.92 Å². The van der Waals surface area contributed by atoms with E-state index >= 15 is 0 Å². The van der Waals surface area contributed by atoms with E-state index in [-0.39, 0.29) is 17.9 Å². The molecule has 1 saturated carbocycles. The number of H-pyrrole nitrogens is 1. The highest BCUT2D eigenvalue weighted by Crippen LogP contribution is 2.26. The highest BCUT2D eigenvalue weighted by atomic mass is 16.2. The minimum absolute atomic E-state index is 0.0825. The van der Waals surface area contributed by atoms with Gasteiger partial charge in [-0.3, -0.25) is 14.7 Å². The lowest BCUT2D eigenvalue weighted by Gasteiger charge is -2.29. The molecule has 0 unspecified atom stereocenters. The van der Waals surface area contributed by atoms with Gasteiger partial charge in [0.1, 0.15) is 5.69 Å². The van der Waals surface area contributed by atoms with Gasteiger partial charge in [-0.25, -0.2) is 9.50 Å². The number of aromatic amines is 1. The molecule has 9 nitrogen and oxygen atoms in total. The maximum atomic E-state index is 12.7. The quantitative estimate of drug-likeness (QED) is 0.595. The standard InChI is InChI=1S/C21H25N7O2/c29-20(17-12-22-18-8-3-9-24-28(17)18)23-11-13-4-1-5-14(10-13)25-21(30)19-15-6-2-7-16(15)26-27-19/h3,8-9,12-14H,1-2,4-7,10-11H2,(H,23,29)(H,25,30)(H,26,27)/t13-,14+/m1/s1. The summed E-state index contributed by atoms with van der Waals surface area (Å²) in [4.78, 5) is 29.5. The van der Waals surface area contributed by atoms with E-state index in [0.717, 1.165) is 56.2 Å². The number of hydrogen-bond acceptors (Lipinski definition) is 5. The van der Waals surface area contributed by atoms with Crippen LogP contribution in [-0.2, 0) is 12.8 Å². The number of imidazole rings is 1. The Kier molecular flexibility index (Phi) is 4.94. The SMILES string of the molecule is O=C(N[C@H]1CCC[C@@H](CNC(=O)c2cnc3cccnn23)C1)c1n[nH]c2c1CCC2. The lowest BCUT2D eigenvalue weighted by atomic mass is 9.85. The second-order valence-corrected chi connectivity index (χ2v) is 8.23. The number of fused-ring (bicyclic) bond motifs is 2. The lowest BCUT2D eigenvalue weighted by molar-refractivity contribution is 0.0895. The summed E-state index contributed by atoms with van der Waals surface area (Å²) in [6, 6.07) is 3.71. The number of nitrogens with one attached hydrogen (secondary N) is 3. The van der Waals surface area contributed by atoms with Crippen molar-refractivity contribution in [1.82, 2.24) is 35.4 Å². The zero-order valence-electron chi connectivity index (χ0n) is 16.7. The number of nitrogens with zero attached hydrogens (tertiary/aromatic N) is 4. The first-order chi connectivity index (χ1) is 14.7. The van der Waals surface area contributed by atoms with Crippen LogP contribution in [0.3, 0.4) is 0 Å². The number of rotatable bonds is 5. The Morgan fingerprint density at radius 1 is 1.20 bits per heavy atom. The fraction of sp³-hybridized carbons (Fsp3) is 0.476. The number of aryl methyl sites for hydroxylation is 1. The molecule has 0 saturated heterocycles. The molecular weight excluding hydrogens is 382 g/mol. The van der Waals surface area contributed by atoms with Gasteiger partial charge in [-0.15, -0.1) is 0 Å². The summed E-state index contributed by atoms with van der Waals surface area (Å²) in [7, 11) is 0. The average Bonchev–Trinajstić information content (AvgIpc) is 3.47. The summed E-state index contributed by atoms with van der Waals surface area (Å²) in [5.74, 6) is 0.0605. The number of carbonyl (C=O) groups is 2. The van der Waals surface area contributed by atoms with Crippen molar-refractivity contribution in [1.29, 1.82) is 0 Å². The molecule has 3 aromatic heterocycles. The highest BCUT2D eigenvalue weighted by Gasteiger charge is 2.28. The maximum absolute atomic E-state index is 12.7. The molecule has 2 atom stereocenters. The smallest absolute Gasteiger partial charge is 0.272 e. The molecule has 30 heavy (non-hydrogen) atoms. The molecule has 2 amide bonds. The van der Waals surface area contributed by atoms with E-state index in [1.54, 1.807) is 23.0 Å². The lowest BCUT2D eigenvalue weighted by Crippen LogP contribution is -2.41. The molecule has 0 aliphatic heterocycles. The molecule has 0 radical (unpaired) electrons. The van der Waals surface area contributed by atoms with Gasteiger partial charge in [-0.05, 0) is 56.6 Å². The number of hydrogen-bond donors (Lipinski definition) is 3. The van der Waals surface area contributed by atoms with Crippen molar-refractivity contribution in [2.45, 2.75) is 51.0 Å². The van der Waals surface area contributed by atoms with E-state index in [1.807, 2.05) is 6.07 Å². The van der Waals surface area contributed by atoms with Gasteiger partial charge in [-0.2, -0.15) is 10.2 Å². The first kappa shape index (κ1) is 18.8. The zero-order valence-corrected chi connectivity index (χ0v) is 16.7. The predicted octanol–water partition coefficient (Wildman–Crippen LogP) is 1.66. The fourth-order valence-corrected chi connectivity index (χ4v) is 4.68. The van der Waals surface area contributed by atoms with Crippen molar-refractivity contribution in [3.8, 4) is 0 Å². The van der Waals surface area contributed by atoms with Crippen LogP contribution in [-0.4, -0.2) is 49.2 Å². The monoisotopic (exact) mass is 407 g/mol. The Morgan fingerprint density at radius 3 is 3.07 bits per heavy atom. The molecule has 1 fully saturated rings. The van der Waals surface area contributed by atoms with Crippen LogP contribution in [0.25, 0.3) is 5.65 Å². The Balaban J connectivity index is 1.16. The molecule has 5 rings (SSSR count). The van der Waals surface area contributed by atoms with E-state index < -0.39 is 0 Å². The Labute approximate surface area is 173 Å². The Bertz CT molecular complexity index is 1090. The second kappa shape index (κ2) is 7.89. The molecular formula is C21H25N7O2. The number of amides is 2. The van der Waals surface area contributed by atoms with Crippen LogP contribution in [0, 0.1) is 5.92 Å². The van der Waals surface area contributed by atoms with Gasteiger partial charge in [0, 0.05) is 30.0 Å². The van der Waals surface area contributed by atoms with E-state index in [9.17, 15) is 9.59 Å². The van der Waals surface area contributed by atoms with Crippen molar-refractivity contribution >= 4 is 17.5 Å². The minimum Gasteiger partial charge on any atom is -0.350 e. The van der Waals surface area contributed by atoms with Crippen molar-refractivity contribution in [3.05, 3.63) is 47.2 Å². The van der Waals surface area contributed by atoms with Crippen LogP contribution < -0.4 is 10.6 Å². The predicted molar refractivity (Wildman–Crippen MR) is 109 cm³/mol. The van der Waals surface area contributed by atoms with Gasteiger partial charge < -0.3 is 10.6 Å². The van der Waals surface area contributed by atoms with E-state index in [4.69, 9.17) is 0 Å². The molecule has 156 valence electrons. The Morgan fingerprint density at radius 2 is 2.13 bits per heavy atom. The average molecular weight is 407 g/mol. The number of carbonyl (C=O) groups excluding carboxylic acids is 2. The largest absolute Gasteiger partial charge is 0.350 e. The molecule has 9 heteroatoms. The first-order valence-corrected chi connectivity index (χ1v) is 10.6. The van der Waals surface area contributed by atoms with Crippen LogP contribution in [0.1, 0.15) is 64.3 Å². The summed E-state index contributed by atoms with van der Waals surface area (Å²) < 4.78 is 1.54. The zero-order chi connectivity index (χ0) is 20.5. The third-order valence-electron chi connectivity index (χ3n) is 6.20. The normalized spacial score (nSPS) is 20.8. The van der Waals surface area contributed by atoms with Gasteiger partial charge >= 0.3 is 0 Å². The summed E-state index contributed by atoms with van der Waals surface area (Å²) in [5, 5.41) is 17.6. The minimum atomic E-state index is -0.181. The summed E-state index contributed by atoms with van der Waals surface area (Å²) >= 11 is 0. The van der Waals surface area contributed by atoms with Crippen LogP contribution in [0.5, 0.6) is 0 Å². The highest BCUT2D eigenvalue weighted by molar-refractivity contribution is 5.94. The van der Waals surface area contributed by atoms with Crippen LogP contribution in [0.15, 0.2) is 24.5 Å². The first-order valence-electron chi connectivity index (χ1n) is 10.6. The van der Waals surface area contributed by atoms with Crippen LogP contribution >= 0.6 is 0 Å². The van der Waals surface area contributed by atoms with Gasteiger partial charge in [0.2, 0.25) is 0 Å². The molecule has 3 aromatic rings.